The van der Waals surface area contributed by atoms with E-state index in [4.69, 9.17) is 4.52 Å². The summed E-state index contributed by atoms with van der Waals surface area (Å²) < 4.78 is 46.6. The van der Waals surface area contributed by atoms with E-state index in [0.717, 1.165) is 5.56 Å². The highest BCUT2D eigenvalue weighted by Gasteiger charge is 2.35. The monoisotopic (exact) mass is 506 g/mol. The largest absolute Gasteiger partial charge is 0.352 e. The first kappa shape index (κ1) is 24.5. The van der Waals surface area contributed by atoms with Gasteiger partial charge in [-0.05, 0) is 43.5 Å². The van der Waals surface area contributed by atoms with Crippen LogP contribution in [0, 0.1) is 18.7 Å². The second-order valence-electron chi connectivity index (χ2n) is 8.69. The number of amides is 1. The van der Waals surface area contributed by atoms with Gasteiger partial charge in [0.2, 0.25) is 27.6 Å². The molecule has 1 unspecified atom stereocenters. The van der Waals surface area contributed by atoms with Crippen molar-refractivity contribution in [2.75, 3.05) is 13.1 Å². The Bertz CT molecular complexity index is 1270. The fraction of sp³-hybridized carbons (Fsp3) is 0.435. The molecule has 1 aliphatic rings. The summed E-state index contributed by atoms with van der Waals surface area (Å²) in [4.78, 5) is 18.6. The number of hydrogen-bond donors (Lipinski definition) is 1. The van der Waals surface area contributed by atoms with E-state index >= 15 is 0 Å². The van der Waals surface area contributed by atoms with Gasteiger partial charge in [-0.1, -0.05) is 31.1 Å². The van der Waals surface area contributed by atoms with Crippen molar-refractivity contribution in [3.05, 3.63) is 52.5 Å². The number of benzene rings is 1. The van der Waals surface area contributed by atoms with E-state index in [2.05, 4.69) is 15.5 Å². The van der Waals surface area contributed by atoms with Gasteiger partial charge in [0.15, 0.2) is 0 Å². The molecule has 1 fully saturated rings. The first-order valence-electron chi connectivity index (χ1n) is 11.1. The van der Waals surface area contributed by atoms with Crippen LogP contribution >= 0.6 is 11.3 Å². The summed E-state index contributed by atoms with van der Waals surface area (Å²) in [6, 6.07) is 7.48. The summed E-state index contributed by atoms with van der Waals surface area (Å²) in [6.45, 7) is 6.36. The van der Waals surface area contributed by atoms with Crippen LogP contribution in [0.4, 0.5) is 4.39 Å². The molecule has 3 heterocycles. The zero-order chi connectivity index (χ0) is 24.5. The molecule has 1 atom stereocenters. The van der Waals surface area contributed by atoms with Gasteiger partial charge in [-0.3, -0.25) is 4.79 Å². The van der Waals surface area contributed by atoms with Crippen molar-refractivity contribution in [3.63, 3.8) is 0 Å². The molecule has 11 heteroatoms. The summed E-state index contributed by atoms with van der Waals surface area (Å²) in [7, 11) is -3.79. The minimum atomic E-state index is -3.79. The molecule has 1 aromatic carbocycles. The fourth-order valence-corrected chi connectivity index (χ4v) is 6.86. The second kappa shape index (κ2) is 9.93. The van der Waals surface area contributed by atoms with Crippen LogP contribution in [-0.2, 0) is 21.4 Å². The number of hydrogen-bond acceptors (Lipinski definition) is 7. The molecule has 0 aliphatic carbocycles. The number of nitrogens with one attached hydrogen (secondary N) is 1. The lowest BCUT2D eigenvalue weighted by Crippen LogP contribution is -2.45. The second-order valence-corrected chi connectivity index (χ2v) is 11.9. The van der Waals surface area contributed by atoms with E-state index in [0.29, 0.717) is 40.9 Å². The third kappa shape index (κ3) is 5.21. The van der Waals surface area contributed by atoms with Gasteiger partial charge in [-0.2, -0.15) is 9.29 Å². The Morgan fingerprint density at radius 2 is 2.06 bits per heavy atom. The highest BCUT2D eigenvalue weighted by molar-refractivity contribution is 7.89. The van der Waals surface area contributed by atoms with Crippen molar-refractivity contribution in [1.29, 1.82) is 0 Å². The first-order chi connectivity index (χ1) is 16.1. The topological polar surface area (TPSA) is 105 Å². The number of halogens is 1. The van der Waals surface area contributed by atoms with Crippen LogP contribution in [-0.4, -0.2) is 41.9 Å². The molecule has 182 valence electrons. The molecule has 0 radical (unpaired) electrons. The number of piperidine rings is 1. The molecule has 1 amide bonds. The van der Waals surface area contributed by atoms with Crippen LogP contribution in [0.1, 0.15) is 48.9 Å². The van der Waals surface area contributed by atoms with Gasteiger partial charge in [0.05, 0.1) is 15.7 Å². The summed E-state index contributed by atoms with van der Waals surface area (Å²) in [5.41, 5.74) is 0.776. The Morgan fingerprint density at radius 1 is 1.32 bits per heavy atom. The van der Waals surface area contributed by atoms with Gasteiger partial charge >= 0.3 is 0 Å². The van der Waals surface area contributed by atoms with E-state index < -0.39 is 15.9 Å². The lowest BCUT2D eigenvalue weighted by Gasteiger charge is -2.31. The number of thiophene rings is 1. The zero-order valence-electron chi connectivity index (χ0n) is 19.2. The molecule has 0 spiro atoms. The van der Waals surface area contributed by atoms with Gasteiger partial charge < -0.3 is 9.84 Å². The molecule has 4 rings (SSSR count). The molecular formula is C23H27FN4O4S2. The Labute approximate surface area is 202 Å². The highest BCUT2D eigenvalue weighted by Crippen LogP contribution is 2.35. The standard InChI is InChI=1S/C23H27FN4O4S2/c1-14(2)23-26-21(27-32-23)19-11-20(15(3)33-19)34(30,31)28-10-4-5-17(13-28)22(29)25-12-16-6-8-18(24)9-7-16/h6-9,11,14,17H,4-5,10,12-13H2,1-3H3,(H,25,29). The Morgan fingerprint density at radius 3 is 2.74 bits per heavy atom. The van der Waals surface area contributed by atoms with Crippen molar-refractivity contribution < 1.29 is 22.1 Å². The summed E-state index contributed by atoms with van der Waals surface area (Å²) in [5.74, 6) is -0.0566. The Hall–Kier alpha value is -2.63. The third-order valence-electron chi connectivity index (χ3n) is 5.78. The number of rotatable bonds is 7. The van der Waals surface area contributed by atoms with Crippen molar-refractivity contribution in [2.45, 2.75) is 51.0 Å². The third-order valence-corrected chi connectivity index (χ3v) is 8.95. The summed E-state index contributed by atoms with van der Waals surface area (Å²) >= 11 is 1.30. The van der Waals surface area contributed by atoms with Crippen LogP contribution in [0.5, 0.6) is 0 Å². The Kier molecular flexibility index (Phi) is 7.15. The van der Waals surface area contributed by atoms with Crippen LogP contribution in [0.3, 0.4) is 0 Å². The minimum Gasteiger partial charge on any atom is -0.352 e. The number of aryl methyl sites for hydroxylation is 1. The smallest absolute Gasteiger partial charge is 0.244 e. The molecule has 1 aliphatic heterocycles. The fourth-order valence-electron chi connectivity index (χ4n) is 3.85. The molecule has 8 nitrogen and oxygen atoms in total. The predicted octanol–water partition coefficient (Wildman–Crippen LogP) is 4.09. The zero-order valence-corrected chi connectivity index (χ0v) is 20.9. The van der Waals surface area contributed by atoms with Crippen molar-refractivity contribution in [1.82, 2.24) is 19.8 Å². The lowest BCUT2D eigenvalue weighted by atomic mass is 9.99. The van der Waals surface area contributed by atoms with Crippen LogP contribution in [0.15, 0.2) is 39.8 Å². The maximum atomic E-state index is 13.4. The van der Waals surface area contributed by atoms with E-state index in [1.54, 1.807) is 25.1 Å². The molecule has 3 aromatic rings. The van der Waals surface area contributed by atoms with E-state index in [-0.39, 0.29) is 35.6 Å². The molecule has 1 saturated heterocycles. The minimum absolute atomic E-state index is 0.0741. The van der Waals surface area contributed by atoms with Gasteiger partial charge in [-0.25, -0.2) is 12.8 Å². The molecule has 1 N–H and O–H groups in total. The number of carbonyl (C=O) groups excluding carboxylic acids is 1. The molecule has 0 saturated carbocycles. The average molecular weight is 507 g/mol. The molecule has 0 bridgehead atoms. The average Bonchev–Trinajstić information content (AvgIpc) is 3.46. The molecule has 34 heavy (non-hydrogen) atoms. The predicted molar refractivity (Wildman–Crippen MR) is 126 cm³/mol. The maximum Gasteiger partial charge on any atom is 0.244 e. The van der Waals surface area contributed by atoms with Crippen LogP contribution < -0.4 is 5.32 Å². The quantitative estimate of drug-likeness (QED) is 0.518. The van der Waals surface area contributed by atoms with E-state index in [1.165, 1.54) is 27.8 Å². The van der Waals surface area contributed by atoms with Gasteiger partial charge in [0, 0.05) is 30.4 Å². The van der Waals surface area contributed by atoms with Crippen LogP contribution in [0.2, 0.25) is 0 Å². The number of sulfonamides is 1. The van der Waals surface area contributed by atoms with Crippen molar-refractivity contribution >= 4 is 27.3 Å². The number of aromatic nitrogens is 2. The van der Waals surface area contributed by atoms with Gasteiger partial charge in [-0.15, -0.1) is 11.3 Å². The SMILES string of the molecule is Cc1sc(-c2noc(C(C)C)n2)cc1S(=O)(=O)N1CCCC(C(=O)NCc2ccc(F)cc2)C1. The first-order valence-corrected chi connectivity index (χ1v) is 13.4. The normalized spacial score (nSPS) is 17.3. The van der Waals surface area contributed by atoms with Crippen molar-refractivity contribution in [2.24, 2.45) is 5.92 Å². The van der Waals surface area contributed by atoms with E-state index in [9.17, 15) is 17.6 Å². The van der Waals surface area contributed by atoms with Gasteiger partial charge in [0.25, 0.3) is 0 Å². The highest BCUT2D eigenvalue weighted by atomic mass is 32.2. The summed E-state index contributed by atoms with van der Waals surface area (Å²) in [5, 5.41) is 6.82. The summed E-state index contributed by atoms with van der Waals surface area (Å²) in [6.07, 6.45) is 1.20. The van der Waals surface area contributed by atoms with Crippen LogP contribution in [0.25, 0.3) is 10.7 Å². The molecular weight excluding hydrogens is 479 g/mol. The molecule has 2 aromatic heterocycles. The maximum absolute atomic E-state index is 13.4. The van der Waals surface area contributed by atoms with Gasteiger partial charge in [0.1, 0.15) is 5.82 Å². The van der Waals surface area contributed by atoms with Crippen molar-refractivity contribution in [3.8, 4) is 10.7 Å². The van der Waals surface area contributed by atoms with E-state index in [1.807, 2.05) is 13.8 Å². The lowest BCUT2D eigenvalue weighted by molar-refractivity contribution is -0.126. The number of carbonyl (C=O) groups is 1. The number of nitrogens with zero attached hydrogens (tertiary/aromatic N) is 3. The Balaban J connectivity index is 1.46.